The molecule has 182 valence electrons. The van der Waals surface area contributed by atoms with Gasteiger partial charge in [0.25, 0.3) is 0 Å². The summed E-state index contributed by atoms with van der Waals surface area (Å²) in [6.07, 6.45) is 2.57. The van der Waals surface area contributed by atoms with Crippen molar-refractivity contribution in [2.45, 2.75) is 83.5 Å². The van der Waals surface area contributed by atoms with Crippen LogP contribution in [0.4, 0.5) is 5.69 Å². The monoisotopic (exact) mass is 476 g/mol. The highest BCUT2D eigenvalue weighted by Gasteiger charge is 2.38. The first-order valence-electron chi connectivity index (χ1n) is 11.7. The number of ether oxygens (including phenoxy) is 2. The smallest absolute Gasteiger partial charge is 0.155 e. The molecule has 0 N–H and O–H groups in total. The molecule has 2 heterocycles. The van der Waals surface area contributed by atoms with Crippen LogP contribution in [0.2, 0.25) is 5.02 Å². The first kappa shape index (κ1) is 25.7. The van der Waals surface area contributed by atoms with E-state index in [0.717, 1.165) is 17.1 Å². The summed E-state index contributed by atoms with van der Waals surface area (Å²) in [7, 11) is 1.68. The van der Waals surface area contributed by atoms with E-state index in [9.17, 15) is 4.79 Å². The number of Topliss-reactive ketones (excluding diaryl/α,β-unsaturated/α-hetero) is 1. The number of carbonyl (C=O) groups is 1. The maximum atomic E-state index is 13.3. The Morgan fingerprint density at radius 2 is 1.91 bits per heavy atom. The molecule has 0 aliphatic carbocycles. The Morgan fingerprint density at radius 3 is 2.55 bits per heavy atom. The fourth-order valence-electron chi connectivity index (χ4n) is 4.39. The molecule has 0 radical (unpaired) electrons. The summed E-state index contributed by atoms with van der Waals surface area (Å²) in [6, 6.07) is 9.45. The van der Waals surface area contributed by atoms with Crippen LogP contribution in [0.25, 0.3) is 0 Å². The summed E-state index contributed by atoms with van der Waals surface area (Å²) >= 11 is 6.08. The maximum Gasteiger partial charge on any atom is 0.155 e. The summed E-state index contributed by atoms with van der Waals surface area (Å²) in [6.45, 7) is 11.6. The van der Waals surface area contributed by atoms with Gasteiger partial charge < -0.3 is 18.9 Å². The minimum Gasteiger partial charge on any atom is -0.384 e. The van der Waals surface area contributed by atoms with E-state index in [1.165, 1.54) is 0 Å². The van der Waals surface area contributed by atoms with E-state index in [-0.39, 0.29) is 28.9 Å². The molecule has 0 spiro atoms. The average molecular weight is 477 g/mol. The van der Waals surface area contributed by atoms with Crippen molar-refractivity contribution in [2.24, 2.45) is 0 Å². The Balaban J connectivity index is 1.62. The molecule has 0 bridgehead atoms. The van der Waals surface area contributed by atoms with Crippen molar-refractivity contribution in [1.29, 1.82) is 0 Å². The lowest BCUT2D eigenvalue weighted by atomic mass is 9.90. The van der Waals surface area contributed by atoms with E-state index < -0.39 is 0 Å². The van der Waals surface area contributed by atoms with Crippen LogP contribution in [0.5, 0.6) is 0 Å². The van der Waals surface area contributed by atoms with Gasteiger partial charge in [-0.3, -0.25) is 4.79 Å². The number of aromatic nitrogens is 1. The van der Waals surface area contributed by atoms with Crippen LogP contribution in [-0.4, -0.2) is 48.9 Å². The number of halogens is 1. The maximum absolute atomic E-state index is 13.3. The zero-order valence-corrected chi connectivity index (χ0v) is 21.4. The van der Waals surface area contributed by atoms with Gasteiger partial charge in [-0.2, -0.15) is 0 Å². The molecule has 7 heteroatoms. The Morgan fingerprint density at radius 1 is 1.21 bits per heavy atom. The lowest BCUT2D eigenvalue weighted by Crippen LogP contribution is -2.36. The van der Waals surface area contributed by atoms with Crippen LogP contribution in [-0.2, 0) is 26.1 Å². The molecular weight excluding hydrogens is 440 g/mol. The number of hydrogen-bond acceptors (Lipinski definition) is 6. The molecule has 2 atom stereocenters. The zero-order valence-electron chi connectivity index (χ0n) is 20.7. The lowest BCUT2D eigenvalue weighted by Gasteiger charge is -2.26. The average Bonchev–Trinajstić information content (AvgIpc) is 3.35. The molecule has 0 saturated carbocycles. The van der Waals surface area contributed by atoms with Crippen molar-refractivity contribution < 1.29 is 18.8 Å². The summed E-state index contributed by atoms with van der Waals surface area (Å²) in [5, 5.41) is 4.89. The van der Waals surface area contributed by atoms with E-state index in [4.69, 9.17) is 25.6 Å². The molecule has 2 aromatic rings. The summed E-state index contributed by atoms with van der Waals surface area (Å²) in [5.74, 6) is 1.03. The van der Waals surface area contributed by atoms with Crippen LogP contribution in [0.3, 0.4) is 0 Å². The van der Waals surface area contributed by atoms with E-state index >= 15 is 0 Å². The van der Waals surface area contributed by atoms with Crippen molar-refractivity contribution in [3.05, 3.63) is 46.8 Å². The number of benzene rings is 1. The van der Waals surface area contributed by atoms with Crippen LogP contribution in [0.1, 0.15) is 65.3 Å². The summed E-state index contributed by atoms with van der Waals surface area (Å²) in [5.41, 5.74) is 1.40. The second kappa shape index (κ2) is 10.6. The molecule has 1 aliphatic heterocycles. The number of rotatable bonds is 10. The van der Waals surface area contributed by atoms with Gasteiger partial charge in [0.05, 0.1) is 30.0 Å². The van der Waals surface area contributed by atoms with Crippen LogP contribution in [0, 0.1) is 0 Å². The number of nitrogens with zero attached hydrogens (tertiary/aromatic N) is 2. The van der Waals surface area contributed by atoms with Crippen molar-refractivity contribution in [3.63, 3.8) is 0 Å². The van der Waals surface area contributed by atoms with Gasteiger partial charge in [-0.1, -0.05) is 30.6 Å². The molecule has 1 fully saturated rings. The molecule has 33 heavy (non-hydrogen) atoms. The third-order valence-corrected chi connectivity index (χ3v) is 6.17. The van der Waals surface area contributed by atoms with Gasteiger partial charge in [0.1, 0.15) is 5.76 Å². The number of ketones is 1. The standard InChI is InChI=1S/C26H37ClN2O4/c1-25(2,3)32-21-14-22(29(16-21)19-12-10-18(27)11-13-19)23(30)9-7-8-20-15-24(28-33-20)26(4,5)17-31-6/h10-13,15,21-22H,7-9,14,16-17H2,1-6H3. The molecule has 1 aromatic heterocycles. The molecule has 3 rings (SSSR count). The highest BCUT2D eigenvalue weighted by molar-refractivity contribution is 6.30. The topological polar surface area (TPSA) is 64.8 Å². The van der Waals surface area contributed by atoms with Gasteiger partial charge in [-0.25, -0.2) is 0 Å². The number of carbonyl (C=O) groups excluding carboxylic acids is 1. The number of methoxy groups -OCH3 is 1. The normalized spacial score (nSPS) is 19.3. The molecular formula is C26H37ClN2O4. The van der Waals surface area contributed by atoms with E-state index in [2.05, 4.69) is 23.9 Å². The SMILES string of the molecule is COCC(C)(C)c1cc(CCCC(=O)C2CC(OC(C)(C)C)CN2c2ccc(Cl)cc2)on1. The fraction of sp³-hybridized carbons (Fsp3) is 0.615. The second-order valence-corrected chi connectivity index (χ2v) is 11.0. The Bertz CT molecular complexity index is 917. The minimum absolute atomic E-state index is 0.00877. The van der Waals surface area contributed by atoms with E-state index in [1.54, 1.807) is 7.11 Å². The minimum atomic E-state index is -0.255. The molecule has 2 unspecified atom stereocenters. The highest BCUT2D eigenvalue weighted by atomic mass is 35.5. The molecule has 1 saturated heterocycles. The molecule has 6 nitrogen and oxygen atoms in total. The Kier molecular flexibility index (Phi) is 8.25. The van der Waals surface area contributed by atoms with Crippen molar-refractivity contribution in [1.82, 2.24) is 5.16 Å². The first-order chi connectivity index (χ1) is 15.5. The predicted molar refractivity (Wildman–Crippen MR) is 131 cm³/mol. The van der Waals surface area contributed by atoms with Gasteiger partial charge in [-0.15, -0.1) is 0 Å². The van der Waals surface area contributed by atoms with Crippen molar-refractivity contribution in [3.8, 4) is 0 Å². The predicted octanol–water partition coefficient (Wildman–Crippen LogP) is 5.61. The lowest BCUT2D eigenvalue weighted by molar-refractivity contribution is -0.120. The molecule has 0 amide bonds. The van der Waals surface area contributed by atoms with Gasteiger partial charge in [0.15, 0.2) is 5.78 Å². The van der Waals surface area contributed by atoms with Crippen LogP contribution >= 0.6 is 11.6 Å². The number of aryl methyl sites for hydroxylation is 1. The van der Waals surface area contributed by atoms with Gasteiger partial charge in [0, 0.05) is 55.1 Å². The second-order valence-electron chi connectivity index (χ2n) is 10.5. The Labute approximate surface area is 202 Å². The van der Waals surface area contributed by atoms with Gasteiger partial charge in [0.2, 0.25) is 0 Å². The Hall–Kier alpha value is -1.89. The third kappa shape index (κ3) is 7.05. The van der Waals surface area contributed by atoms with Gasteiger partial charge in [-0.05, 0) is 51.5 Å². The first-order valence-corrected chi connectivity index (χ1v) is 12.0. The van der Waals surface area contributed by atoms with Crippen LogP contribution < -0.4 is 4.90 Å². The summed E-state index contributed by atoms with van der Waals surface area (Å²) in [4.78, 5) is 15.4. The molecule has 1 aliphatic rings. The van der Waals surface area contributed by atoms with Crippen LogP contribution in [0.15, 0.2) is 34.9 Å². The van der Waals surface area contributed by atoms with E-state index in [1.807, 2.05) is 51.1 Å². The quantitative estimate of drug-likeness (QED) is 0.444. The molecule has 1 aromatic carbocycles. The highest BCUT2D eigenvalue weighted by Crippen LogP contribution is 2.31. The largest absolute Gasteiger partial charge is 0.384 e. The van der Waals surface area contributed by atoms with E-state index in [0.29, 0.717) is 43.9 Å². The van der Waals surface area contributed by atoms with Gasteiger partial charge >= 0.3 is 0 Å². The fourth-order valence-corrected chi connectivity index (χ4v) is 4.52. The zero-order chi connectivity index (χ0) is 24.2. The number of anilines is 1. The van der Waals surface area contributed by atoms with Crippen molar-refractivity contribution >= 4 is 23.1 Å². The van der Waals surface area contributed by atoms with Crippen molar-refractivity contribution in [2.75, 3.05) is 25.2 Å². The number of hydrogen-bond donors (Lipinski definition) is 0. The summed E-state index contributed by atoms with van der Waals surface area (Å²) < 4.78 is 17.0. The third-order valence-electron chi connectivity index (χ3n) is 5.92.